The lowest BCUT2D eigenvalue weighted by Gasteiger charge is -2.16. The van der Waals surface area contributed by atoms with E-state index in [9.17, 15) is 0 Å². The van der Waals surface area contributed by atoms with Gasteiger partial charge in [-0.1, -0.05) is 6.92 Å². The molecule has 0 radical (unpaired) electrons. The summed E-state index contributed by atoms with van der Waals surface area (Å²) in [6, 6.07) is 0. The lowest BCUT2D eigenvalue weighted by molar-refractivity contribution is 0.302. The van der Waals surface area contributed by atoms with Gasteiger partial charge in [0.25, 0.3) is 0 Å². The minimum Gasteiger partial charge on any atom is -0.395 e. The van der Waals surface area contributed by atoms with Crippen molar-refractivity contribution in [2.24, 2.45) is 0 Å². The number of aliphatic hydroxyl groups excluding tert-OH is 1. The molecule has 0 spiro atoms. The molecule has 0 bridgehead atoms. The monoisotopic (exact) mass is 215 g/mol. The first-order valence-electron chi connectivity index (χ1n) is 5.00. The second kappa shape index (κ2) is 5.93. The summed E-state index contributed by atoms with van der Waals surface area (Å²) in [6.45, 7) is 5.83. The molecule has 0 aliphatic rings. The van der Waals surface area contributed by atoms with Crippen LogP contribution in [-0.2, 0) is 6.42 Å². The van der Waals surface area contributed by atoms with Gasteiger partial charge in [-0.3, -0.25) is 0 Å². The molecule has 14 heavy (non-hydrogen) atoms. The van der Waals surface area contributed by atoms with Crippen LogP contribution >= 0.6 is 11.5 Å². The topological polar surface area (TPSA) is 49.2 Å². The van der Waals surface area contributed by atoms with E-state index in [1.807, 2.05) is 4.90 Å². The van der Waals surface area contributed by atoms with Crippen LogP contribution in [0.3, 0.4) is 0 Å². The number of hydrogen-bond donors (Lipinski definition) is 1. The molecule has 1 aromatic heterocycles. The lowest BCUT2D eigenvalue weighted by Crippen LogP contribution is -2.25. The van der Waals surface area contributed by atoms with Gasteiger partial charge in [0.05, 0.1) is 6.61 Å². The van der Waals surface area contributed by atoms with E-state index in [1.165, 1.54) is 11.5 Å². The normalized spacial score (nSPS) is 10.5. The maximum absolute atomic E-state index is 8.85. The van der Waals surface area contributed by atoms with Gasteiger partial charge >= 0.3 is 0 Å². The van der Waals surface area contributed by atoms with Crippen molar-refractivity contribution in [1.82, 2.24) is 9.36 Å². The zero-order valence-electron chi connectivity index (χ0n) is 8.73. The molecule has 0 unspecified atom stereocenters. The average Bonchev–Trinajstić information content (AvgIpc) is 2.63. The van der Waals surface area contributed by atoms with Crippen molar-refractivity contribution in [3.63, 3.8) is 0 Å². The molecular formula is C9H17N3OS. The van der Waals surface area contributed by atoms with Gasteiger partial charge in [0.2, 0.25) is 5.13 Å². The fourth-order valence-corrected chi connectivity index (χ4v) is 2.01. The molecule has 0 fully saturated rings. The Balaban J connectivity index is 2.63. The van der Waals surface area contributed by atoms with E-state index in [4.69, 9.17) is 5.11 Å². The zero-order chi connectivity index (χ0) is 10.4. The second-order valence-electron chi connectivity index (χ2n) is 3.05. The quantitative estimate of drug-likeness (QED) is 0.777. The molecule has 0 aromatic carbocycles. The first kappa shape index (κ1) is 11.4. The van der Waals surface area contributed by atoms with E-state index in [1.54, 1.807) is 0 Å². The molecule has 1 aromatic rings. The minimum absolute atomic E-state index is 0.163. The third-order valence-electron chi connectivity index (χ3n) is 1.95. The van der Waals surface area contributed by atoms with Crippen molar-refractivity contribution in [3.05, 3.63) is 5.82 Å². The Labute approximate surface area is 88.8 Å². The number of aryl methyl sites for hydroxylation is 1. The van der Waals surface area contributed by atoms with Crippen LogP contribution in [-0.4, -0.2) is 34.2 Å². The summed E-state index contributed by atoms with van der Waals surface area (Å²) in [5.41, 5.74) is 0. The lowest BCUT2D eigenvalue weighted by atomic mass is 10.3. The fourth-order valence-electron chi connectivity index (χ4n) is 1.21. The number of aliphatic hydroxyl groups is 1. The molecule has 0 saturated carbocycles. The highest BCUT2D eigenvalue weighted by molar-refractivity contribution is 7.09. The predicted molar refractivity (Wildman–Crippen MR) is 58.9 cm³/mol. The highest BCUT2D eigenvalue weighted by atomic mass is 32.1. The Morgan fingerprint density at radius 2 is 2.21 bits per heavy atom. The van der Waals surface area contributed by atoms with Crippen LogP contribution in [0.25, 0.3) is 0 Å². The number of aromatic nitrogens is 2. The summed E-state index contributed by atoms with van der Waals surface area (Å²) in [7, 11) is 0. The number of likely N-dealkylation sites (N-methyl/N-ethyl adjacent to an activating group) is 1. The summed E-state index contributed by atoms with van der Waals surface area (Å²) in [6.07, 6.45) is 2.01. The Morgan fingerprint density at radius 3 is 2.79 bits per heavy atom. The van der Waals surface area contributed by atoms with Gasteiger partial charge in [0.1, 0.15) is 5.82 Å². The van der Waals surface area contributed by atoms with Crippen LogP contribution in [0.5, 0.6) is 0 Å². The maximum Gasteiger partial charge on any atom is 0.205 e. The van der Waals surface area contributed by atoms with E-state index in [2.05, 4.69) is 23.2 Å². The first-order valence-corrected chi connectivity index (χ1v) is 5.77. The van der Waals surface area contributed by atoms with Crippen molar-refractivity contribution >= 4 is 16.7 Å². The largest absolute Gasteiger partial charge is 0.395 e. The molecule has 0 aliphatic heterocycles. The predicted octanol–water partition coefficient (Wildman–Crippen LogP) is 1.31. The van der Waals surface area contributed by atoms with Crippen molar-refractivity contribution < 1.29 is 5.11 Å². The van der Waals surface area contributed by atoms with E-state index < -0.39 is 0 Å². The molecule has 0 saturated heterocycles. The minimum atomic E-state index is 0.163. The third kappa shape index (κ3) is 2.92. The van der Waals surface area contributed by atoms with Gasteiger partial charge in [-0.25, -0.2) is 4.98 Å². The van der Waals surface area contributed by atoms with E-state index in [0.717, 1.165) is 30.3 Å². The molecule has 1 N–H and O–H groups in total. The number of rotatable bonds is 6. The van der Waals surface area contributed by atoms with Crippen LogP contribution in [0.4, 0.5) is 5.13 Å². The van der Waals surface area contributed by atoms with Crippen LogP contribution < -0.4 is 4.90 Å². The molecule has 0 atom stereocenters. The SMILES string of the molecule is CCCc1nsc(N(CC)CCO)n1. The zero-order valence-corrected chi connectivity index (χ0v) is 9.55. The highest BCUT2D eigenvalue weighted by Gasteiger charge is 2.09. The van der Waals surface area contributed by atoms with Gasteiger partial charge in [-0.15, -0.1) is 0 Å². The van der Waals surface area contributed by atoms with Crippen LogP contribution in [0.1, 0.15) is 26.1 Å². The first-order chi connectivity index (χ1) is 6.81. The standard InChI is InChI=1S/C9H17N3OS/c1-3-5-8-10-9(14-11-8)12(4-2)6-7-13/h13H,3-7H2,1-2H3. The maximum atomic E-state index is 8.85. The summed E-state index contributed by atoms with van der Waals surface area (Å²) in [5, 5.41) is 9.78. The van der Waals surface area contributed by atoms with Gasteiger partial charge in [0.15, 0.2) is 0 Å². The Bertz CT molecular complexity index is 264. The molecule has 0 amide bonds. The molecule has 0 aliphatic carbocycles. The smallest absolute Gasteiger partial charge is 0.205 e. The van der Waals surface area contributed by atoms with E-state index in [0.29, 0.717) is 6.54 Å². The van der Waals surface area contributed by atoms with Crippen LogP contribution in [0.15, 0.2) is 0 Å². The van der Waals surface area contributed by atoms with Crippen LogP contribution in [0.2, 0.25) is 0 Å². The van der Waals surface area contributed by atoms with Crippen molar-refractivity contribution in [1.29, 1.82) is 0 Å². The van der Waals surface area contributed by atoms with Gasteiger partial charge in [0, 0.05) is 31.0 Å². The van der Waals surface area contributed by atoms with Crippen molar-refractivity contribution in [3.8, 4) is 0 Å². The Morgan fingerprint density at radius 1 is 1.43 bits per heavy atom. The average molecular weight is 215 g/mol. The van der Waals surface area contributed by atoms with Crippen LogP contribution in [0, 0.1) is 0 Å². The highest BCUT2D eigenvalue weighted by Crippen LogP contribution is 2.17. The molecule has 4 nitrogen and oxygen atoms in total. The van der Waals surface area contributed by atoms with Crippen molar-refractivity contribution in [2.75, 3.05) is 24.6 Å². The van der Waals surface area contributed by atoms with E-state index in [-0.39, 0.29) is 6.61 Å². The van der Waals surface area contributed by atoms with Gasteiger partial charge in [-0.2, -0.15) is 4.37 Å². The molecular weight excluding hydrogens is 198 g/mol. The molecule has 5 heteroatoms. The van der Waals surface area contributed by atoms with Crippen molar-refractivity contribution in [2.45, 2.75) is 26.7 Å². The van der Waals surface area contributed by atoms with E-state index >= 15 is 0 Å². The third-order valence-corrected chi connectivity index (χ3v) is 2.77. The number of anilines is 1. The Kier molecular flexibility index (Phi) is 4.82. The summed E-state index contributed by atoms with van der Waals surface area (Å²) >= 11 is 1.42. The van der Waals surface area contributed by atoms with Gasteiger partial charge in [-0.05, 0) is 13.3 Å². The number of hydrogen-bond acceptors (Lipinski definition) is 5. The molecule has 80 valence electrons. The Hall–Kier alpha value is -0.680. The fraction of sp³-hybridized carbons (Fsp3) is 0.778. The van der Waals surface area contributed by atoms with Gasteiger partial charge < -0.3 is 10.0 Å². The summed E-state index contributed by atoms with van der Waals surface area (Å²) < 4.78 is 4.26. The summed E-state index contributed by atoms with van der Waals surface area (Å²) in [4.78, 5) is 6.45. The summed E-state index contributed by atoms with van der Waals surface area (Å²) in [5.74, 6) is 0.920. The molecule has 1 heterocycles. The number of nitrogens with zero attached hydrogens (tertiary/aromatic N) is 3. The second-order valence-corrected chi connectivity index (χ2v) is 3.78. The molecule has 1 rings (SSSR count).